The summed E-state index contributed by atoms with van der Waals surface area (Å²) >= 11 is 0. The van der Waals surface area contributed by atoms with Crippen LogP contribution in [0.3, 0.4) is 0 Å². The van der Waals surface area contributed by atoms with Gasteiger partial charge in [0.1, 0.15) is 11.2 Å². The fourth-order valence-electron chi connectivity index (χ4n) is 9.60. The minimum absolute atomic E-state index is 0.865. The SMILES string of the molecule is c1ccc(-c2ccccc2-c2c(-c3ccccc3)cccc2N(c2ccc(-c3ccccc3-n3c4ccccc4c4ccccc43)cc2)c2ccc3oc4ccccc4c3c2)cc1. The van der Waals surface area contributed by atoms with Crippen molar-refractivity contribution in [2.45, 2.75) is 0 Å². The molecule has 63 heavy (non-hydrogen) atoms. The molecule has 12 aromatic rings. The summed E-state index contributed by atoms with van der Waals surface area (Å²) < 4.78 is 8.79. The van der Waals surface area contributed by atoms with Crippen molar-refractivity contribution in [2.24, 2.45) is 0 Å². The van der Waals surface area contributed by atoms with Gasteiger partial charge in [0.25, 0.3) is 0 Å². The molecular weight excluding hydrogens is 765 g/mol. The third-order valence-corrected chi connectivity index (χ3v) is 12.4. The third-order valence-electron chi connectivity index (χ3n) is 12.4. The van der Waals surface area contributed by atoms with Gasteiger partial charge in [-0.1, -0.05) is 182 Å². The molecule has 2 heterocycles. The van der Waals surface area contributed by atoms with Gasteiger partial charge in [-0.25, -0.2) is 0 Å². The molecule has 3 heteroatoms. The Bertz CT molecular complexity index is 3570. The Morgan fingerprint density at radius 3 is 1.54 bits per heavy atom. The van der Waals surface area contributed by atoms with E-state index in [1.54, 1.807) is 0 Å². The second-order valence-electron chi connectivity index (χ2n) is 16.0. The number of anilines is 3. The van der Waals surface area contributed by atoms with Crippen molar-refractivity contribution in [1.29, 1.82) is 0 Å². The van der Waals surface area contributed by atoms with Crippen molar-refractivity contribution in [1.82, 2.24) is 4.57 Å². The first-order chi connectivity index (χ1) is 31.3. The molecule has 0 spiro atoms. The van der Waals surface area contributed by atoms with Crippen molar-refractivity contribution in [3.63, 3.8) is 0 Å². The maximum atomic E-state index is 6.37. The van der Waals surface area contributed by atoms with Crippen LogP contribution in [0.5, 0.6) is 0 Å². The number of hydrogen-bond donors (Lipinski definition) is 0. The normalized spacial score (nSPS) is 11.5. The fourth-order valence-corrected chi connectivity index (χ4v) is 9.60. The van der Waals surface area contributed by atoms with Crippen molar-refractivity contribution < 1.29 is 4.42 Å². The second kappa shape index (κ2) is 15.3. The van der Waals surface area contributed by atoms with E-state index in [-0.39, 0.29) is 0 Å². The molecule has 0 fully saturated rings. The lowest BCUT2D eigenvalue weighted by atomic mass is 9.87. The average Bonchev–Trinajstić information content (AvgIpc) is 3.90. The summed E-state index contributed by atoms with van der Waals surface area (Å²) in [5, 5.41) is 4.67. The van der Waals surface area contributed by atoms with Crippen LogP contribution in [0, 0.1) is 0 Å². The molecule has 0 N–H and O–H groups in total. The molecule has 0 aliphatic heterocycles. The second-order valence-corrected chi connectivity index (χ2v) is 16.0. The van der Waals surface area contributed by atoms with Gasteiger partial charge in [0.2, 0.25) is 0 Å². The Hall–Kier alpha value is -8.40. The van der Waals surface area contributed by atoms with Crippen LogP contribution in [0.1, 0.15) is 0 Å². The van der Waals surface area contributed by atoms with Crippen molar-refractivity contribution in [3.05, 3.63) is 243 Å². The molecule has 0 unspecified atom stereocenters. The van der Waals surface area contributed by atoms with Crippen molar-refractivity contribution in [2.75, 3.05) is 4.90 Å². The number of rotatable bonds is 8. The van der Waals surface area contributed by atoms with Gasteiger partial charge in [-0.05, 0) is 94.0 Å². The molecule has 0 aliphatic rings. The maximum absolute atomic E-state index is 6.37. The number of benzene rings is 10. The van der Waals surface area contributed by atoms with E-state index in [4.69, 9.17) is 4.42 Å². The number of fused-ring (bicyclic) bond motifs is 6. The molecule has 12 rings (SSSR count). The van der Waals surface area contributed by atoms with E-state index in [9.17, 15) is 0 Å². The molecule has 2 aromatic heterocycles. The molecule has 0 radical (unpaired) electrons. The van der Waals surface area contributed by atoms with Gasteiger partial charge in [-0.2, -0.15) is 0 Å². The molecule has 0 aliphatic carbocycles. The van der Waals surface area contributed by atoms with Crippen LogP contribution in [0.2, 0.25) is 0 Å². The maximum Gasteiger partial charge on any atom is 0.135 e. The summed E-state index contributed by atoms with van der Waals surface area (Å²) in [5.41, 5.74) is 17.7. The highest BCUT2D eigenvalue weighted by Gasteiger charge is 2.24. The largest absolute Gasteiger partial charge is 0.456 e. The van der Waals surface area contributed by atoms with Gasteiger partial charge in [-0.15, -0.1) is 0 Å². The molecule has 0 bridgehead atoms. The number of aromatic nitrogens is 1. The summed E-state index contributed by atoms with van der Waals surface area (Å²) in [7, 11) is 0. The standard InChI is InChI=1S/C60H40N2O/c1-3-18-41(19-4-1)46-22-7-8-27-52(46)60-48(42-20-5-2-6-21-42)28-17-32-57(60)61(45-38-39-59-53(40-45)51-26-12-16-33-58(51)63-59)44-36-34-43(35-37-44)47-23-9-13-29-54(47)62-55-30-14-10-24-49(55)50-25-11-15-31-56(50)62/h1-40H. The molecule has 0 saturated heterocycles. The number of hydrogen-bond acceptors (Lipinski definition) is 2. The highest BCUT2D eigenvalue weighted by Crippen LogP contribution is 2.49. The van der Waals surface area contributed by atoms with Crippen LogP contribution >= 0.6 is 0 Å². The molecule has 0 atom stereocenters. The van der Waals surface area contributed by atoms with Gasteiger partial charge in [0.05, 0.1) is 22.4 Å². The summed E-state index contributed by atoms with van der Waals surface area (Å²) in [6.45, 7) is 0. The van der Waals surface area contributed by atoms with Gasteiger partial charge in [-0.3, -0.25) is 0 Å². The van der Waals surface area contributed by atoms with Crippen LogP contribution in [-0.4, -0.2) is 4.57 Å². The average molecular weight is 805 g/mol. The van der Waals surface area contributed by atoms with E-state index in [2.05, 4.69) is 240 Å². The number of nitrogens with zero attached hydrogens (tertiary/aromatic N) is 2. The van der Waals surface area contributed by atoms with Gasteiger partial charge >= 0.3 is 0 Å². The van der Waals surface area contributed by atoms with Gasteiger partial charge < -0.3 is 13.9 Å². The molecular formula is C60H40N2O. The lowest BCUT2D eigenvalue weighted by molar-refractivity contribution is 0.669. The zero-order valence-electron chi connectivity index (χ0n) is 34.4. The van der Waals surface area contributed by atoms with Gasteiger partial charge in [0.15, 0.2) is 0 Å². The molecule has 10 aromatic carbocycles. The van der Waals surface area contributed by atoms with Crippen LogP contribution in [0.15, 0.2) is 247 Å². The summed E-state index contributed by atoms with van der Waals surface area (Å²) in [6.07, 6.45) is 0. The minimum atomic E-state index is 0.865. The van der Waals surface area contributed by atoms with E-state index in [1.165, 1.54) is 32.9 Å². The Balaban J connectivity index is 1.09. The zero-order valence-corrected chi connectivity index (χ0v) is 34.4. The Labute approximate surface area is 366 Å². The highest BCUT2D eigenvalue weighted by molar-refractivity contribution is 6.10. The number of furan rings is 1. The van der Waals surface area contributed by atoms with E-state index in [0.29, 0.717) is 0 Å². The van der Waals surface area contributed by atoms with Gasteiger partial charge in [0, 0.05) is 44.0 Å². The third kappa shape index (κ3) is 6.21. The first-order valence-corrected chi connectivity index (χ1v) is 21.5. The first-order valence-electron chi connectivity index (χ1n) is 21.5. The Morgan fingerprint density at radius 2 is 0.825 bits per heavy atom. The highest BCUT2D eigenvalue weighted by atomic mass is 16.3. The number of para-hydroxylation sites is 4. The topological polar surface area (TPSA) is 21.3 Å². The lowest BCUT2D eigenvalue weighted by Gasteiger charge is -2.30. The lowest BCUT2D eigenvalue weighted by Crippen LogP contribution is -2.12. The van der Waals surface area contributed by atoms with Crippen molar-refractivity contribution in [3.8, 4) is 50.2 Å². The van der Waals surface area contributed by atoms with Crippen LogP contribution < -0.4 is 4.90 Å². The molecule has 3 nitrogen and oxygen atoms in total. The first kappa shape index (κ1) is 36.5. The van der Waals surface area contributed by atoms with E-state index >= 15 is 0 Å². The zero-order chi connectivity index (χ0) is 41.7. The summed E-state index contributed by atoms with van der Waals surface area (Å²) in [4.78, 5) is 2.42. The van der Waals surface area contributed by atoms with E-state index in [0.717, 1.165) is 78.1 Å². The van der Waals surface area contributed by atoms with E-state index in [1.807, 2.05) is 12.1 Å². The summed E-state index contributed by atoms with van der Waals surface area (Å²) in [5.74, 6) is 0. The van der Waals surface area contributed by atoms with Crippen LogP contribution in [0.25, 0.3) is 93.9 Å². The van der Waals surface area contributed by atoms with Crippen molar-refractivity contribution >= 4 is 60.8 Å². The molecule has 0 amide bonds. The predicted octanol–water partition coefficient (Wildman–Crippen LogP) is 16.8. The quantitative estimate of drug-likeness (QED) is 0.153. The van der Waals surface area contributed by atoms with Crippen LogP contribution in [0.4, 0.5) is 17.1 Å². The Kier molecular flexibility index (Phi) is 8.83. The monoisotopic (exact) mass is 804 g/mol. The predicted molar refractivity (Wildman–Crippen MR) is 264 cm³/mol. The van der Waals surface area contributed by atoms with Crippen LogP contribution in [-0.2, 0) is 0 Å². The van der Waals surface area contributed by atoms with E-state index < -0.39 is 0 Å². The molecule has 0 saturated carbocycles. The minimum Gasteiger partial charge on any atom is -0.456 e. The fraction of sp³-hybridized carbons (Fsp3) is 0. The Morgan fingerprint density at radius 1 is 0.317 bits per heavy atom. The summed E-state index contributed by atoms with van der Waals surface area (Å²) in [6, 6.07) is 87.2. The smallest absolute Gasteiger partial charge is 0.135 e. The molecule has 296 valence electrons.